The Kier molecular flexibility index (Phi) is 6.20. The summed E-state index contributed by atoms with van der Waals surface area (Å²) in [4.78, 5) is 24.7. The van der Waals surface area contributed by atoms with Crippen LogP contribution in [0.4, 0.5) is 5.69 Å². The average Bonchev–Trinajstić information content (AvgIpc) is 3.17. The number of nitrogens with one attached hydrogen (secondary N) is 1. The Labute approximate surface area is 163 Å². The van der Waals surface area contributed by atoms with E-state index in [0.717, 1.165) is 10.0 Å². The van der Waals surface area contributed by atoms with Crippen LogP contribution in [0.15, 0.2) is 70.5 Å². The van der Waals surface area contributed by atoms with E-state index in [-0.39, 0.29) is 11.9 Å². The highest BCUT2D eigenvalue weighted by molar-refractivity contribution is 9.10. The number of benzene rings is 2. The van der Waals surface area contributed by atoms with E-state index in [1.807, 2.05) is 35.7 Å². The van der Waals surface area contributed by atoms with E-state index < -0.39 is 0 Å². The molecule has 0 saturated carbocycles. The molecule has 26 heavy (non-hydrogen) atoms. The molecule has 0 fully saturated rings. The molecule has 132 valence electrons. The van der Waals surface area contributed by atoms with Crippen molar-refractivity contribution in [3.63, 3.8) is 0 Å². The third-order valence-corrected chi connectivity index (χ3v) is 5.29. The zero-order valence-electron chi connectivity index (χ0n) is 13.8. The number of hydrogen-bond acceptors (Lipinski definition) is 4. The lowest BCUT2D eigenvalue weighted by Crippen LogP contribution is -2.11. The number of esters is 1. The summed E-state index contributed by atoms with van der Waals surface area (Å²) in [7, 11) is 0. The number of carbonyl (C=O) groups excluding carboxylic acids is 2. The minimum atomic E-state index is -0.295. The van der Waals surface area contributed by atoms with Gasteiger partial charge < -0.3 is 10.1 Å². The molecule has 3 rings (SSSR count). The summed E-state index contributed by atoms with van der Waals surface area (Å²) in [6, 6.07) is 18.1. The maximum Gasteiger partial charge on any atom is 0.311 e. The lowest BCUT2D eigenvalue weighted by atomic mass is 10.1. The summed E-state index contributed by atoms with van der Waals surface area (Å²) in [6.07, 6.45) is 0.898. The Balaban J connectivity index is 1.51. The molecular formula is C20H16BrNO3S. The zero-order valence-corrected chi connectivity index (χ0v) is 16.2. The zero-order chi connectivity index (χ0) is 18.4. The molecule has 0 spiro atoms. The summed E-state index contributed by atoms with van der Waals surface area (Å²) in [5, 5.41) is 4.66. The number of anilines is 1. The fraction of sp³-hybridized carbons (Fsp3) is 0.100. The lowest BCUT2D eigenvalue weighted by molar-refractivity contribution is -0.134. The van der Waals surface area contributed by atoms with Crippen LogP contribution in [-0.4, -0.2) is 11.9 Å². The normalized spacial score (nSPS) is 10.3. The van der Waals surface area contributed by atoms with E-state index in [0.29, 0.717) is 29.2 Å². The first-order valence-electron chi connectivity index (χ1n) is 8.01. The van der Waals surface area contributed by atoms with Crippen molar-refractivity contribution >= 4 is 44.8 Å². The molecule has 1 N–H and O–H groups in total. The van der Waals surface area contributed by atoms with Gasteiger partial charge in [-0.2, -0.15) is 0 Å². The van der Waals surface area contributed by atoms with Gasteiger partial charge in [0.1, 0.15) is 5.75 Å². The topological polar surface area (TPSA) is 55.4 Å². The lowest BCUT2D eigenvalue weighted by Gasteiger charge is -2.07. The minimum absolute atomic E-state index is 0.154. The highest BCUT2D eigenvalue weighted by atomic mass is 79.9. The summed E-state index contributed by atoms with van der Waals surface area (Å²) >= 11 is 4.85. The SMILES string of the molecule is O=C(CCc1ccccc1Br)Oc1ccc(NC(=O)c2cccs2)cc1. The summed E-state index contributed by atoms with van der Waals surface area (Å²) in [5.74, 6) is 0.00515. The number of hydrogen-bond donors (Lipinski definition) is 1. The molecule has 0 aliphatic carbocycles. The molecule has 0 bridgehead atoms. The van der Waals surface area contributed by atoms with Crippen molar-refractivity contribution in [2.45, 2.75) is 12.8 Å². The molecule has 0 aliphatic heterocycles. The largest absolute Gasteiger partial charge is 0.427 e. The fourth-order valence-corrected chi connectivity index (χ4v) is 3.43. The van der Waals surface area contributed by atoms with Gasteiger partial charge in [-0.3, -0.25) is 9.59 Å². The fourth-order valence-electron chi connectivity index (χ4n) is 2.33. The summed E-state index contributed by atoms with van der Waals surface area (Å²) in [5.41, 5.74) is 1.72. The maximum atomic E-state index is 12.0. The van der Waals surface area contributed by atoms with Crippen LogP contribution in [0.25, 0.3) is 0 Å². The van der Waals surface area contributed by atoms with E-state index in [2.05, 4.69) is 21.2 Å². The first-order chi connectivity index (χ1) is 12.6. The van der Waals surface area contributed by atoms with Crippen molar-refractivity contribution < 1.29 is 14.3 Å². The van der Waals surface area contributed by atoms with Crippen molar-refractivity contribution in [3.8, 4) is 5.75 Å². The number of thiophene rings is 1. The van der Waals surface area contributed by atoms with Crippen LogP contribution < -0.4 is 10.1 Å². The van der Waals surface area contributed by atoms with E-state index in [1.54, 1.807) is 30.3 Å². The third kappa shape index (κ3) is 5.03. The second-order valence-electron chi connectivity index (χ2n) is 5.52. The molecule has 4 nitrogen and oxygen atoms in total. The Morgan fingerprint density at radius 2 is 1.77 bits per heavy atom. The molecule has 1 heterocycles. The van der Waals surface area contributed by atoms with E-state index in [4.69, 9.17) is 4.74 Å². The molecule has 3 aromatic rings. The Hall–Kier alpha value is -2.44. The van der Waals surface area contributed by atoms with Crippen molar-refractivity contribution in [1.82, 2.24) is 0 Å². The van der Waals surface area contributed by atoms with Crippen LogP contribution in [0.5, 0.6) is 5.75 Å². The van der Waals surface area contributed by atoms with Crippen LogP contribution >= 0.6 is 27.3 Å². The molecule has 6 heteroatoms. The maximum absolute atomic E-state index is 12.0. The van der Waals surface area contributed by atoms with Gasteiger partial charge in [0, 0.05) is 10.2 Å². The predicted molar refractivity (Wildman–Crippen MR) is 107 cm³/mol. The van der Waals surface area contributed by atoms with Gasteiger partial charge in [0.2, 0.25) is 0 Å². The molecule has 1 aromatic heterocycles. The van der Waals surface area contributed by atoms with Gasteiger partial charge in [-0.05, 0) is 53.8 Å². The molecule has 0 saturated heterocycles. The Morgan fingerprint density at radius 3 is 2.46 bits per heavy atom. The van der Waals surface area contributed by atoms with E-state index >= 15 is 0 Å². The van der Waals surface area contributed by atoms with Crippen molar-refractivity contribution in [3.05, 3.63) is 81.0 Å². The quantitative estimate of drug-likeness (QED) is 0.427. The van der Waals surface area contributed by atoms with Crippen molar-refractivity contribution in [1.29, 1.82) is 0 Å². The van der Waals surface area contributed by atoms with Crippen LogP contribution in [-0.2, 0) is 11.2 Å². The molecular weight excluding hydrogens is 414 g/mol. The molecule has 2 aromatic carbocycles. The molecule has 0 radical (unpaired) electrons. The van der Waals surface area contributed by atoms with Crippen LogP contribution in [0.3, 0.4) is 0 Å². The van der Waals surface area contributed by atoms with E-state index in [9.17, 15) is 9.59 Å². The third-order valence-electron chi connectivity index (χ3n) is 3.65. The average molecular weight is 430 g/mol. The van der Waals surface area contributed by atoms with Crippen LogP contribution in [0.2, 0.25) is 0 Å². The van der Waals surface area contributed by atoms with Crippen molar-refractivity contribution in [2.24, 2.45) is 0 Å². The first-order valence-corrected chi connectivity index (χ1v) is 9.68. The number of ether oxygens (including phenoxy) is 1. The molecule has 0 unspecified atom stereocenters. The second kappa shape index (κ2) is 8.78. The van der Waals surface area contributed by atoms with Gasteiger partial charge in [-0.1, -0.05) is 40.2 Å². The summed E-state index contributed by atoms with van der Waals surface area (Å²) in [6.45, 7) is 0. The monoisotopic (exact) mass is 429 g/mol. The highest BCUT2D eigenvalue weighted by Gasteiger charge is 2.09. The predicted octanol–water partition coefficient (Wildman–Crippen LogP) is 5.30. The van der Waals surface area contributed by atoms with Crippen LogP contribution in [0, 0.1) is 0 Å². The number of aryl methyl sites for hydroxylation is 1. The number of rotatable bonds is 6. The van der Waals surface area contributed by atoms with Crippen LogP contribution in [0.1, 0.15) is 21.7 Å². The Morgan fingerprint density at radius 1 is 1.00 bits per heavy atom. The van der Waals surface area contributed by atoms with Gasteiger partial charge in [-0.25, -0.2) is 0 Å². The molecule has 0 aliphatic rings. The number of amides is 1. The van der Waals surface area contributed by atoms with Gasteiger partial charge >= 0.3 is 5.97 Å². The van der Waals surface area contributed by atoms with Gasteiger partial charge in [0.05, 0.1) is 11.3 Å². The smallest absolute Gasteiger partial charge is 0.311 e. The van der Waals surface area contributed by atoms with Crippen molar-refractivity contribution in [2.75, 3.05) is 5.32 Å². The van der Waals surface area contributed by atoms with Gasteiger partial charge in [0.25, 0.3) is 5.91 Å². The first kappa shape index (κ1) is 18.4. The van der Waals surface area contributed by atoms with E-state index in [1.165, 1.54) is 11.3 Å². The Bertz CT molecular complexity index is 892. The number of halogens is 1. The second-order valence-corrected chi connectivity index (χ2v) is 7.32. The van der Waals surface area contributed by atoms with Gasteiger partial charge in [-0.15, -0.1) is 11.3 Å². The molecule has 0 atom stereocenters. The standard InChI is InChI=1S/C20H16BrNO3S/c21-17-5-2-1-4-14(17)7-12-19(23)25-16-10-8-15(9-11-16)22-20(24)18-6-3-13-26-18/h1-6,8-11,13H,7,12H2,(H,22,24). The highest BCUT2D eigenvalue weighted by Crippen LogP contribution is 2.20. The van der Waals surface area contributed by atoms with Gasteiger partial charge in [0.15, 0.2) is 0 Å². The minimum Gasteiger partial charge on any atom is -0.427 e. The number of carbonyl (C=O) groups is 2. The molecule has 1 amide bonds. The summed E-state index contributed by atoms with van der Waals surface area (Å²) < 4.78 is 6.33.